The van der Waals surface area contributed by atoms with Gasteiger partial charge in [-0.05, 0) is 70.6 Å². The summed E-state index contributed by atoms with van der Waals surface area (Å²) in [4.78, 5) is 12.7. The van der Waals surface area contributed by atoms with Crippen LogP contribution >= 0.6 is 0 Å². The Bertz CT molecular complexity index is 916. The van der Waals surface area contributed by atoms with Crippen LogP contribution in [0.1, 0.15) is 149 Å². The molecule has 0 aromatic rings. The minimum atomic E-state index is -1.54. The maximum absolute atomic E-state index is 12.7. The van der Waals surface area contributed by atoms with E-state index in [0.29, 0.717) is 13.0 Å². The number of aliphatic hydroxyl groups excluding tert-OH is 4. The molecule has 0 aromatic heterocycles. The molecule has 1 heterocycles. The van der Waals surface area contributed by atoms with Crippen LogP contribution in [0.4, 0.5) is 0 Å². The summed E-state index contributed by atoms with van der Waals surface area (Å²) < 4.78 is 22.7. The highest BCUT2D eigenvalue weighted by atomic mass is 16.7. The quantitative estimate of drug-likeness (QED) is 0.0301. The molecule has 6 atom stereocenters. The lowest BCUT2D eigenvalue weighted by atomic mass is 9.99. The van der Waals surface area contributed by atoms with Crippen molar-refractivity contribution in [3.05, 3.63) is 48.6 Å². The largest absolute Gasteiger partial charge is 0.457 e. The van der Waals surface area contributed by atoms with Crippen LogP contribution in [0, 0.1) is 0 Å². The van der Waals surface area contributed by atoms with Crippen molar-refractivity contribution in [2.24, 2.45) is 0 Å². The van der Waals surface area contributed by atoms with Crippen LogP contribution in [0.2, 0.25) is 0 Å². The van der Waals surface area contributed by atoms with E-state index in [9.17, 15) is 25.2 Å². The molecule has 0 amide bonds. The smallest absolute Gasteiger partial charge is 0.306 e. The number of hydrogen-bond acceptors (Lipinski definition) is 9. The van der Waals surface area contributed by atoms with Gasteiger partial charge in [-0.1, -0.05) is 120 Å². The van der Waals surface area contributed by atoms with Crippen molar-refractivity contribution in [2.75, 3.05) is 26.4 Å². The van der Waals surface area contributed by atoms with Gasteiger partial charge in [0.2, 0.25) is 0 Å². The Balaban J connectivity index is 2.33. The molecule has 0 radical (unpaired) electrons. The van der Waals surface area contributed by atoms with Gasteiger partial charge in [-0.25, -0.2) is 0 Å². The first-order chi connectivity index (χ1) is 24.9. The maximum atomic E-state index is 12.7. The summed E-state index contributed by atoms with van der Waals surface area (Å²) in [6.45, 7) is 4.37. The van der Waals surface area contributed by atoms with Crippen LogP contribution in [-0.2, 0) is 23.7 Å². The van der Waals surface area contributed by atoms with Gasteiger partial charge in [0.25, 0.3) is 0 Å². The fraction of sp³-hybridized carbons (Fsp3) is 0.786. The Morgan fingerprint density at radius 3 is 1.82 bits per heavy atom. The summed E-state index contributed by atoms with van der Waals surface area (Å²) in [7, 11) is 0. The highest BCUT2D eigenvalue weighted by Crippen LogP contribution is 2.22. The molecule has 51 heavy (non-hydrogen) atoms. The van der Waals surface area contributed by atoms with Gasteiger partial charge in [-0.3, -0.25) is 4.79 Å². The minimum absolute atomic E-state index is 0.124. The molecular formula is C42H74O9. The first kappa shape index (κ1) is 47.2. The molecule has 0 aliphatic carbocycles. The zero-order valence-electron chi connectivity index (χ0n) is 32.1. The predicted molar refractivity (Wildman–Crippen MR) is 205 cm³/mol. The molecule has 0 aromatic carbocycles. The van der Waals surface area contributed by atoms with Gasteiger partial charge in [0, 0.05) is 13.0 Å². The summed E-state index contributed by atoms with van der Waals surface area (Å²) in [6, 6.07) is 0. The SMILES string of the molecule is CC/C=C\C/C=C\C/C=C\CCCCCCCC(=O)OC(COCCCCCCCC/C=C\CCCCC)COC1OC(CO)C(O)C(O)C1O. The molecule has 0 saturated carbocycles. The minimum Gasteiger partial charge on any atom is -0.457 e. The molecule has 9 heteroatoms. The molecule has 0 spiro atoms. The molecule has 0 bridgehead atoms. The number of allylic oxidation sites excluding steroid dienone is 8. The molecule has 1 aliphatic rings. The van der Waals surface area contributed by atoms with Crippen molar-refractivity contribution >= 4 is 5.97 Å². The summed E-state index contributed by atoms with van der Waals surface area (Å²) in [5, 5.41) is 40.0. The van der Waals surface area contributed by atoms with Crippen molar-refractivity contribution < 1.29 is 44.2 Å². The summed E-state index contributed by atoms with van der Waals surface area (Å²) in [6.07, 6.45) is 32.7. The third kappa shape index (κ3) is 25.7. The van der Waals surface area contributed by atoms with E-state index in [1.807, 2.05) is 0 Å². The Morgan fingerprint density at radius 1 is 0.647 bits per heavy atom. The van der Waals surface area contributed by atoms with E-state index in [-0.39, 0.29) is 19.2 Å². The highest BCUT2D eigenvalue weighted by molar-refractivity contribution is 5.69. The Hall–Kier alpha value is -1.85. The van der Waals surface area contributed by atoms with E-state index in [1.54, 1.807) is 0 Å². The van der Waals surface area contributed by atoms with E-state index < -0.39 is 43.4 Å². The molecule has 1 aliphatic heterocycles. The van der Waals surface area contributed by atoms with Crippen molar-refractivity contribution in [1.82, 2.24) is 0 Å². The van der Waals surface area contributed by atoms with E-state index >= 15 is 0 Å². The Kier molecular flexibility index (Phi) is 31.4. The lowest BCUT2D eigenvalue weighted by molar-refractivity contribution is -0.305. The van der Waals surface area contributed by atoms with Gasteiger partial charge in [0.15, 0.2) is 6.29 Å². The lowest BCUT2D eigenvalue weighted by Gasteiger charge is -2.39. The molecular weight excluding hydrogens is 648 g/mol. The Morgan fingerprint density at radius 2 is 1.20 bits per heavy atom. The normalized spacial score (nSPS) is 21.9. The van der Waals surface area contributed by atoms with E-state index in [1.165, 1.54) is 44.9 Å². The number of aliphatic hydroxyl groups is 4. The monoisotopic (exact) mass is 723 g/mol. The van der Waals surface area contributed by atoms with Gasteiger partial charge in [-0.2, -0.15) is 0 Å². The third-order valence-corrected chi connectivity index (χ3v) is 8.98. The fourth-order valence-corrected chi connectivity index (χ4v) is 5.79. The van der Waals surface area contributed by atoms with Crippen LogP contribution < -0.4 is 0 Å². The predicted octanol–water partition coefficient (Wildman–Crippen LogP) is 8.19. The van der Waals surface area contributed by atoms with Crippen molar-refractivity contribution in [1.29, 1.82) is 0 Å². The number of rotatable bonds is 33. The second kappa shape index (κ2) is 34.0. The number of carbonyl (C=O) groups is 1. The van der Waals surface area contributed by atoms with Gasteiger partial charge in [0.05, 0.1) is 19.8 Å². The van der Waals surface area contributed by atoms with Gasteiger partial charge < -0.3 is 39.4 Å². The number of unbranched alkanes of at least 4 members (excludes halogenated alkanes) is 14. The van der Waals surface area contributed by atoms with Crippen LogP contribution in [-0.4, -0.2) is 89.6 Å². The van der Waals surface area contributed by atoms with Crippen LogP contribution in [0.3, 0.4) is 0 Å². The molecule has 1 rings (SSSR count). The average Bonchev–Trinajstić information content (AvgIpc) is 3.13. The Labute approximate surface area is 310 Å². The molecule has 296 valence electrons. The van der Waals surface area contributed by atoms with E-state index in [4.69, 9.17) is 18.9 Å². The summed E-state index contributed by atoms with van der Waals surface area (Å²) in [5.41, 5.74) is 0. The molecule has 4 N–H and O–H groups in total. The number of carbonyl (C=O) groups excluding carboxylic acids is 1. The molecule has 9 nitrogen and oxygen atoms in total. The van der Waals surface area contributed by atoms with Crippen molar-refractivity contribution in [3.8, 4) is 0 Å². The van der Waals surface area contributed by atoms with Gasteiger partial charge in [-0.15, -0.1) is 0 Å². The number of ether oxygens (including phenoxy) is 4. The second-order valence-electron chi connectivity index (χ2n) is 13.7. The molecule has 1 saturated heterocycles. The standard InChI is InChI=1S/C42H74O9/c1-3-5-7-9-11-13-15-17-18-19-21-23-25-27-29-31-38(44)50-36(35-49-42-41(47)40(46)39(45)37(33-43)51-42)34-48-32-30-28-26-24-22-20-16-14-12-10-8-6-4-2/h5,7,11-14,17-18,36-37,39-43,45-47H,3-4,6,8-10,15-16,19-35H2,1-2H3/b7-5-,13-11-,14-12-,18-17-. The topological polar surface area (TPSA) is 135 Å². The van der Waals surface area contributed by atoms with Crippen LogP contribution in [0.25, 0.3) is 0 Å². The van der Waals surface area contributed by atoms with Gasteiger partial charge in [0.1, 0.15) is 30.5 Å². The summed E-state index contributed by atoms with van der Waals surface area (Å²) >= 11 is 0. The number of esters is 1. The molecule has 6 unspecified atom stereocenters. The van der Waals surface area contributed by atoms with E-state index in [2.05, 4.69) is 62.5 Å². The fourth-order valence-electron chi connectivity index (χ4n) is 5.79. The van der Waals surface area contributed by atoms with Crippen molar-refractivity contribution in [2.45, 2.75) is 185 Å². The zero-order valence-corrected chi connectivity index (χ0v) is 32.1. The lowest BCUT2D eigenvalue weighted by Crippen LogP contribution is -2.59. The first-order valence-electron chi connectivity index (χ1n) is 20.2. The van der Waals surface area contributed by atoms with E-state index in [0.717, 1.165) is 83.5 Å². The average molecular weight is 723 g/mol. The summed E-state index contributed by atoms with van der Waals surface area (Å²) in [5.74, 6) is -0.335. The second-order valence-corrected chi connectivity index (χ2v) is 13.7. The first-order valence-corrected chi connectivity index (χ1v) is 20.2. The molecule has 1 fully saturated rings. The number of hydrogen-bond donors (Lipinski definition) is 4. The van der Waals surface area contributed by atoms with Crippen LogP contribution in [0.5, 0.6) is 0 Å². The third-order valence-electron chi connectivity index (χ3n) is 8.98. The zero-order chi connectivity index (χ0) is 37.2. The maximum Gasteiger partial charge on any atom is 0.306 e. The van der Waals surface area contributed by atoms with Crippen LogP contribution in [0.15, 0.2) is 48.6 Å². The highest BCUT2D eigenvalue weighted by Gasteiger charge is 2.44. The van der Waals surface area contributed by atoms with Gasteiger partial charge >= 0.3 is 5.97 Å². The van der Waals surface area contributed by atoms with Crippen molar-refractivity contribution in [3.63, 3.8) is 0 Å².